The molecule has 1 aliphatic carbocycles. The Balaban J connectivity index is 1.41. The Morgan fingerprint density at radius 1 is 0.900 bits per heavy atom. The van der Waals surface area contributed by atoms with E-state index in [1.54, 1.807) is 0 Å². The van der Waals surface area contributed by atoms with E-state index in [1.807, 2.05) is 0 Å². The lowest BCUT2D eigenvalue weighted by Crippen LogP contribution is -2.45. The predicted octanol–water partition coefficient (Wildman–Crippen LogP) is 7.05. The fraction of sp³-hybridized carbons (Fsp3) is 0.346. The summed E-state index contributed by atoms with van der Waals surface area (Å²) in [7, 11) is 0. The van der Waals surface area contributed by atoms with Gasteiger partial charge in [0, 0.05) is 22.4 Å². The molecule has 6 rings (SSSR count). The molecule has 0 spiro atoms. The van der Waals surface area contributed by atoms with Crippen LogP contribution in [0.5, 0.6) is 5.75 Å². The van der Waals surface area contributed by atoms with Gasteiger partial charge in [-0.3, -0.25) is 0 Å². The topological polar surface area (TPSA) is 24.8 Å². The Morgan fingerprint density at radius 3 is 2.60 bits per heavy atom. The molecule has 4 heteroatoms. The largest absolute Gasteiger partial charge is 0.468 e. The van der Waals surface area contributed by atoms with Crippen LogP contribution in [-0.4, -0.2) is 16.9 Å². The van der Waals surface area contributed by atoms with E-state index in [2.05, 4.69) is 81.6 Å². The molecule has 0 amide bonds. The van der Waals surface area contributed by atoms with E-state index in [-0.39, 0.29) is 12.3 Å². The zero-order valence-corrected chi connectivity index (χ0v) is 18.5. The van der Waals surface area contributed by atoms with Gasteiger partial charge in [-0.2, -0.15) is 5.10 Å². The van der Waals surface area contributed by atoms with E-state index in [0.717, 1.165) is 16.6 Å². The van der Waals surface area contributed by atoms with Crippen LogP contribution < -0.4 is 4.74 Å². The van der Waals surface area contributed by atoms with Crippen LogP contribution in [0.2, 0.25) is 0 Å². The molecule has 0 radical (unpaired) electrons. The molecule has 152 valence electrons. The molecule has 0 bridgehead atoms. The molecule has 1 fully saturated rings. The third-order valence-electron chi connectivity index (χ3n) is 6.92. The summed E-state index contributed by atoms with van der Waals surface area (Å²) >= 11 is 3.65. The number of nitrogens with zero attached hydrogens (tertiary/aromatic N) is 2. The van der Waals surface area contributed by atoms with Crippen LogP contribution in [0.3, 0.4) is 0 Å². The number of fused-ring (bicyclic) bond motifs is 4. The molecular formula is C26H25BrN2O. The number of ether oxygens (including phenoxy) is 1. The average molecular weight is 461 g/mol. The molecule has 1 saturated carbocycles. The molecule has 3 aliphatic rings. The van der Waals surface area contributed by atoms with E-state index >= 15 is 0 Å². The summed E-state index contributed by atoms with van der Waals surface area (Å²) in [5.41, 5.74) is 3.64. The van der Waals surface area contributed by atoms with Crippen LogP contribution in [0.15, 0.2) is 70.2 Å². The minimum atomic E-state index is 0.0435. The Hall–Kier alpha value is -2.33. The molecule has 2 atom stereocenters. The van der Waals surface area contributed by atoms with Gasteiger partial charge >= 0.3 is 0 Å². The zero-order chi connectivity index (χ0) is 20.1. The Morgan fingerprint density at radius 2 is 1.73 bits per heavy atom. The molecule has 3 nitrogen and oxygen atoms in total. The Kier molecular flexibility index (Phi) is 4.56. The smallest absolute Gasteiger partial charge is 0.190 e. The van der Waals surface area contributed by atoms with Crippen molar-refractivity contribution in [1.29, 1.82) is 0 Å². The van der Waals surface area contributed by atoms with E-state index in [9.17, 15) is 0 Å². The first-order valence-corrected chi connectivity index (χ1v) is 11.9. The summed E-state index contributed by atoms with van der Waals surface area (Å²) < 4.78 is 7.69. The van der Waals surface area contributed by atoms with E-state index in [0.29, 0.717) is 5.92 Å². The third kappa shape index (κ3) is 3.13. The highest BCUT2D eigenvalue weighted by molar-refractivity contribution is 9.10. The quantitative estimate of drug-likeness (QED) is 0.409. The van der Waals surface area contributed by atoms with Gasteiger partial charge in [0.05, 0.1) is 11.8 Å². The second-order valence-electron chi connectivity index (χ2n) is 8.80. The molecular weight excluding hydrogens is 436 g/mol. The standard InChI is InChI=1S/C26H25BrN2O/c27-21-12-13-25-22(15-21)24-16-23(20-11-10-17-6-4-5-9-19(17)14-20)28-29(24)26(30-25)18-7-2-1-3-8-18/h4-6,9-15,18,24,26H,1-3,7-8,16H2/t24-,26+/m0/s1. The van der Waals surface area contributed by atoms with Crippen molar-refractivity contribution < 1.29 is 4.74 Å². The second-order valence-corrected chi connectivity index (χ2v) is 9.71. The number of benzene rings is 3. The Labute approximate surface area is 185 Å². The number of halogens is 1. The summed E-state index contributed by atoms with van der Waals surface area (Å²) in [6.45, 7) is 0. The van der Waals surface area contributed by atoms with E-state index in [1.165, 1.54) is 59.7 Å². The van der Waals surface area contributed by atoms with E-state index in [4.69, 9.17) is 9.84 Å². The van der Waals surface area contributed by atoms with Crippen LogP contribution >= 0.6 is 15.9 Å². The molecule has 0 unspecified atom stereocenters. The van der Waals surface area contributed by atoms with Gasteiger partial charge in [-0.25, -0.2) is 5.01 Å². The fourth-order valence-corrected chi connectivity index (χ4v) is 5.74. The molecule has 30 heavy (non-hydrogen) atoms. The highest BCUT2D eigenvalue weighted by Crippen LogP contribution is 2.47. The third-order valence-corrected chi connectivity index (χ3v) is 7.41. The van der Waals surface area contributed by atoms with Crippen LogP contribution in [-0.2, 0) is 0 Å². The number of rotatable bonds is 2. The first kappa shape index (κ1) is 18.4. The van der Waals surface area contributed by atoms with Crippen molar-refractivity contribution in [3.05, 3.63) is 76.3 Å². The van der Waals surface area contributed by atoms with Crippen molar-refractivity contribution in [2.24, 2.45) is 11.0 Å². The maximum absolute atomic E-state index is 6.59. The van der Waals surface area contributed by atoms with Gasteiger partial charge in [0.2, 0.25) is 0 Å². The highest BCUT2D eigenvalue weighted by atomic mass is 79.9. The van der Waals surface area contributed by atoms with Crippen molar-refractivity contribution in [3.63, 3.8) is 0 Å². The minimum Gasteiger partial charge on any atom is -0.468 e. The number of hydrogen-bond acceptors (Lipinski definition) is 3. The average Bonchev–Trinajstić information content (AvgIpc) is 3.25. The normalized spacial score (nSPS) is 23.6. The van der Waals surface area contributed by atoms with Gasteiger partial charge in [0.15, 0.2) is 6.23 Å². The lowest BCUT2D eigenvalue weighted by molar-refractivity contribution is -0.0644. The molecule has 2 aliphatic heterocycles. The van der Waals surface area contributed by atoms with Gasteiger partial charge in [-0.05, 0) is 53.4 Å². The summed E-state index contributed by atoms with van der Waals surface area (Å²) in [6, 6.07) is 21.9. The summed E-state index contributed by atoms with van der Waals surface area (Å²) in [4.78, 5) is 0. The predicted molar refractivity (Wildman–Crippen MR) is 125 cm³/mol. The van der Waals surface area contributed by atoms with Crippen molar-refractivity contribution in [3.8, 4) is 5.75 Å². The van der Waals surface area contributed by atoms with Crippen molar-refractivity contribution in [1.82, 2.24) is 5.01 Å². The monoisotopic (exact) mass is 460 g/mol. The fourth-order valence-electron chi connectivity index (χ4n) is 5.36. The minimum absolute atomic E-state index is 0.0435. The molecule has 3 aromatic carbocycles. The molecule has 0 N–H and O–H groups in total. The van der Waals surface area contributed by atoms with Crippen LogP contribution in [0.1, 0.15) is 55.7 Å². The molecule has 0 aromatic heterocycles. The zero-order valence-electron chi connectivity index (χ0n) is 16.9. The van der Waals surface area contributed by atoms with Gasteiger partial charge < -0.3 is 4.74 Å². The summed E-state index contributed by atoms with van der Waals surface area (Å²) in [6.07, 6.45) is 7.40. The Bertz CT molecular complexity index is 1130. The lowest BCUT2D eigenvalue weighted by atomic mass is 9.86. The van der Waals surface area contributed by atoms with Gasteiger partial charge in [0.1, 0.15) is 5.75 Å². The number of hydrogen-bond donors (Lipinski definition) is 0. The maximum Gasteiger partial charge on any atom is 0.190 e. The number of hydrazone groups is 1. The van der Waals surface area contributed by atoms with Crippen LogP contribution in [0.25, 0.3) is 10.8 Å². The van der Waals surface area contributed by atoms with Crippen LogP contribution in [0.4, 0.5) is 0 Å². The second kappa shape index (κ2) is 7.42. The van der Waals surface area contributed by atoms with Crippen molar-refractivity contribution in [2.75, 3.05) is 0 Å². The van der Waals surface area contributed by atoms with Gasteiger partial charge in [-0.1, -0.05) is 71.6 Å². The van der Waals surface area contributed by atoms with E-state index < -0.39 is 0 Å². The maximum atomic E-state index is 6.59. The summed E-state index contributed by atoms with van der Waals surface area (Å²) in [5.74, 6) is 1.59. The molecule has 2 heterocycles. The van der Waals surface area contributed by atoms with Gasteiger partial charge in [0.25, 0.3) is 0 Å². The molecule has 3 aromatic rings. The van der Waals surface area contributed by atoms with Crippen molar-refractivity contribution in [2.45, 2.75) is 50.8 Å². The van der Waals surface area contributed by atoms with Gasteiger partial charge in [-0.15, -0.1) is 0 Å². The summed E-state index contributed by atoms with van der Waals surface area (Å²) in [5, 5.41) is 10.0. The SMILES string of the molecule is Brc1ccc2c(c1)[C@@H]1CC(c3ccc4ccccc4c3)=NN1[C@@H](C1CCCCC1)O2. The van der Waals surface area contributed by atoms with Crippen molar-refractivity contribution >= 4 is 32.4 Å². The first-order valence-electron chi connectivity index (χ1n) is 11.1. The first-order chi connectivity index (χ1) is 14.8. The van der Waals surface area contributed by atoms with Crippen LogP contribution in [0, 0.1) is 5.92 Å². The highest BCUT2D eigenvalue weighted by Gasteiger charge is 2.43. The lowest BCUT2D eigenvalue weighted by Gasteiger charge is -2.42. The molecule has 0 saturated heterocycles.